The van der Waals surface area contributed by atoms with Crippen LogP contribution in [0.1, 0.15) is 83.1 Å². The van der Waals surface area contributed by atoms with E-state index < -0.39 is 0 Å². The molecule has 24 heavy (non-hydrogen) atoms. The van der Waals surface area contributed by atoms with Gasteiger partial charge in [0.05, 0.1) is 0 Å². The molecular formula is C24H36. The third-order valence-corrected chi connectivity index (χ3v) is 5.29. The summed E-state index contributed by atoms with van der Waals surface area (Å²) in [6, 6.07) is 4.73. The quantitative estimate of drug-likeness (QED) is 0.370. The predicted octanol–water partition coefficient (Wildman–Crippen LogP) is 7.77. The highest BCUT2D eigenvalue weighted by molar-refractivity contribution is 5.71. The third kappa shape index (κ3) is 4.72. The van der Waals surface area contributed by atoms with Crippen LogP contribution >= 0.6 is 0 Å². The first-order valence-electron chi connectivity index (χ1n) is 9.21. The molecule has 1 rings (SSSR count). The Morgan fingerprint density at radius 3 is 2.12 bits per heavy atom. The van der Waals surface area contributed by atoms with Crippen LogP contribution < -0.4 is 0 Å². The number of hydrogen-bond acceptors (Lipinski definition) is 0. The number of aryl methyl sites for hydroxylation is 1. The van der Waals surface area contributed by atoms with Gasteiger partial charge in [-0.2, -0.15) is 0 Å². The second-order valence-electron chi connectivity index (χ2n) is 7.73. The molecule has 1 unspecified atom stereocenters. The van der Waals surface area contributed by atoms with E-state index in [9.17, 15) is 0 Å². The highest BCUT2D eigenvalue weighted by Crippen LogP contribution is 2.36. The number of allylic oxidation sites excluding steroid dienone is 5. The van der Waals surface area contributed by atoms with E-state index in [4.69, 9.17) is 0 Å². The highest BCUT2D eigenvalue weighted by atomic mass is 14.2. The van der Waals surface area contributed by atoms with Crippen molar-refractivity contribution in [3.8, 4) is 0 Å². The number of benzene rings is 1. The summed E-state index contributed by atoms with van der Waals surface area (Å²) in [5, 5.41) is 0. The molecule has 0 amide bonds. The number of rotatable bonds is 6. The van der Waals surface area contributed by atoms with Crippen LogP contribution in [0.25, 0.3) is 5.57 Å². The van der Waals surface area contributed by atoms with E-state index in [0.29, 0.717) is 11.8 Å². The lowest BCUT2D eigenvalue weighted by molar-refractivity contribution is 0.554. The Morgan fingerprint density at radius 2 is 1.67 bits per heavy atom. The zero-order chi connectivity index (χ0) is 18.6. The molecule has 0 aromatic heterocycles. The summed E-state index contributed by atoms with van der Waals surface area (Å²) in [6.45, 7) is 24.4. The van der Waals surface area contributed by atoms with E-state index in [1.54, 1.807) is 0 Å². The SMILES string of the molecule is C=C(C)C(c1cc(/C(C)=C(C)/C=C(/C)CC)cc(C)c1C)C(C)C. The molecule has 0 saturated carbocycles. The summed E-state index contributed by atoms with van der Waals surface area (Å²) in [4.78, 5) is 0. The Morgan fingerprint density at radius 1 is 1.08 bits per heavy atom. The maximum atomic E-state index is 4.26. The lowest BCUT2D eigenvalue weighted by Crippen LogP contribution is -2.11. The van der Waals surface area contributed by atoms with E-state index in [0.717, 1.165) is 6.42 Å². The van der Waals surface area contributed by atoms with Crippen molar-refractivity contribution in [3.63, 3.8) is 0 Å². The van der Waals surface area contributed by atoms with Crippen LogP contribution in [0, 0.1) is 19.8 Å². The minimum atomic E-state index is 0.421. The van der Waals surface area contributed by atoms with Crippen molar-refractivity contribution < 1.29 is 0 Å². The first kappa shape index (κ1) is 20.5. The molecule has 1 aromatic carbocycles. The Kier molecular flexibility index (Phi) is 7.27. The van der Waals surface area contributed by atoms with Crippen LogP contribution in [-0.2, 0) is 0 Å². The maximum Gasteiger partial charge on any atom is 0.00686 e. The molecule has 0 aliphatic heterocycles. The van der Waals surface area contributed by atoms with E-state index in [2.05, 4.69) is 87.1 Å². The molecule has 0 heterocycles. The molecule has 0 saturated heterocycles. The Labute approximate surface area is 150 Å². The molecule has 0 heteroatoms. The monoisotopic (exact) mass is 324 g/mol. The average Bonchev–Trinajstić information content (AvgIpc) is 2.49. The van der Waals surface area contributed by atoms with Crippen molar-refractivity contribution in [2.75, 3.05) is 0 Å². The standard InChI is InChI=1S/C24H36/c1-11-17(6)12-18(7)20(9)22-13-19(8)21(10)23(14-22)24(15(2)3)16(4)5/h12-14,16,24H,2,11H2,1,3-10H3/b17-12-,20-18+. The molecule has 0 radical (unpaired) electrons. The lowest BCUT2D eigenvalue weighted by Gasteiger charge is -2.26. The van der Waals surface area contributed by atoms with Crippen molar-refractivity contribution in [3.05, 3.63) is 63.8 Å². The molecule has 1 aromatic rings. The molecule has 0 nitrogen and oxygen atoms in total. The Balaban J connectivity index is 3.54. The van der Waals surface area contributed by atoms with Gasteiger partial charge in [-0.25, -0.2) is 0 Å². The Hall–Kier alpha value is -1.56. The van der Waals surface area contributed by atoms with Gasteiger partial charge in [0.1, 0.15) is 0 Å². The van der Waals surface area contributed by atoms with Gasteiger partial charge in [0.25, 0.3) is 0 Å². The second kappa shape index (κ2) is 8.51. The molecule has 0 spiro atoms. The van der Waals surface area contributed by atoms with Gasteiger partial charge < -0.3 is 0 Å². The van der Waals surface area contributed by atoms with E-state index >= 15 is 0 Å². The van der Waals surface area contributed by atoms with E-state index in [1.165, 1.54) is 44.5 Å². The lowest BCUT2D eigenvalue weighted by atomic mass is 9.79. The van der Waals surface area contributed by atoms with Crippen molar-refractivity contribution >= 4 is 5.57 Å². The second-order valence-corrected chi connectivity index (χ2v) is 7.73. The minimum absolute atomic E-state index is 0.421. The van der Waals surface area contributed by atoms with Crippen molar-refractivity contribution in [2.24, 2.45) is 5.92 Å². The molecule has 0 aliphatic rings. The Bertz CT molecular complexity index is 666. The van der Waals surface area contributed by atoms with Gasteiger partial charge >= 0.3 is 0 Å². The van der Waals surface area contributed by atoms with Gasteiger partial charge in [-0.05, 0) is 87.3 Å². The van der Waals surface area contributed by atoms with E-state index in [1.807, 2.05) is 0 Å². The smallest absolute Gasteiger partial charge is 0.00686 e. The summed E-state index contributed by atoms with van der Waals surface area (Å²) < 4.78 is 0. The van der Waals surface area contributed by atoms with Crippen LogP contribution in [0.2, 0.25) is 0 Å². The molecule has 0 bridgehead atoms. The van der Waals surface area contributed by atoms with Gasteiger partial charge in [-0.15, -0.1) is 0 Å². The molecular weight excluding hydrogens is 288 g/mol. The third-order valence-electron chi connectivity index (χ3n) is 5.29. The van der Waals surface area contributed by atoms with Crippen molar-refractivity contribution in [1.82, 2.24) is 0 Å². The topological polar surface area (TPSA) is 0 Å². The largest absolute Gasteiger partial charge is 0.0995 e. The van der Waals surface area contributed by atoms with Crippen LogP contribution in [0.5, 0.6) is 0 Å². The van der Waals surface area contributed by atoms with E-state index in [-0.39, 0.29) is 0 Å². The normalized spacial score (nSPS) is 14.7. The van der Waals surface area contributed by atoms with Gasteiger partial charge in [-0.3, -0.25) is 0 Å². The van der Waals surface area contributed by atoms with Crippen LogP contribution in [0.15, 0.2) is 41.5 Å². The van der Waals surface area contributed by atoms with Crippen molar-refractivity contribution in [1.29, 1.82) is 0 Å². The summed E-state index contributed by atoms with van der Waals surface area (Å²) in [7, 11) is 0. The minimum Gasteiger partial charge on any atom is -0.0995 e. The van der Waals surface area contributed by atoms with Crippen LogP contribution in [0.4, 0.5) is 0 Å². The average molecular weight is 325 g/mol. The molecule has 0 N–H and O–H groups in total. The van der Waals surface area contributed by atoms with Gasteiger partial charge in [0.2, 0.25) is 0 Å². The molecule has 0 aliphatic carbocycles. The fourth-order valence-corrected chi connectivity index (χ4v) is 3.43. The summed E-state index contributed by atoms with van der Waals surface area (Å²) in [6.07, 6.45) is 3.43. The van der Waals surface area contributed by atoms with Crippen LogP contribution in [0.3, 0.4) is 0 Å². The highest BCUT2D eigenvalue weighted by Gasteiger charge is 2.20. The summed E-state index contributed by atoms with van der Waals surface area (Å²) >= 11 is 0. The van der Waals surface area contributed by atoms with Gasteiger partial charge in [-0.1, -0.05) is 56.7 Å². The first-order valence-corrected chi connectivity index (χ1v) is 9.21. The zero-order valence-electron chi connectivity index (χ0n) is 17.3. The molecule has 0 fully saturated rings. The number of hydrogen-bond donors (Lipinski definition) is 0. The summed E-state index contributed by atoms with van der Waals surface area (Å²) in [5.41, 5.74) is 11.0. The maximum absolute atomic E-state index is 4.26. The van der Waals surface area contributed by atoms with Crippen molar-refractivity contribution in [2.45, 2.75) is 74.7 Å². The molecule has 132 valence electrons. The van der Waals surface area contributed by atoms with Crippen LogP contribution in [-0.4, -0.2) is 0 Å². The fraction of sp³-hybridized carbons (Fsp3) is 0.500. The molecule has 1 atom stereocenters. The fourth-order valence-electron chi connectivity index (χ4n) is 3.43. The summed E-state index contributed by atoms with van der Waals surface area (Å²) in [5.74, 6) is 0.980. The first-order chi connectivity index (χ1) is 11.1. The van der Waals surface area contributed by atoms with Gasteiger partial charge in [0, 0.05) is 5.92 Å². The zero-order valence-corrected chi connectivity index (χ0v) is 17.3. The predicted molar refractivity (Wildman–Crippen MR) is 111 cm³/mol. The van der Waals surface area contributed by atoms with Gasteiger partial charge in [0.15, 0.2) is 0 Å².